The van der Waals surface area contributed by atoms with E-state index in [0.717, 1.165) is 22.2 Å². The molecular formula is C23H20BrF3N2O. The maximum Gasteiger partial charge on any atom is 0.416 e. The number of carbonyl (C=O) groups is 1. The molecule has 0 aromatic heterocycles. The number of amides is 2. The highest BCUT2D eigenvalue weighted by Crippen LogP contribution is 2.30. The standard InChI is InChI=1S/C23H20BrF3N2O/c1-16(18-6-3-2-4-7-18)29(22(30)28-21-9-5-8-20(24)14-21)15-17-10-12-19(13-11-17)23(25,26)27/h2-14,16H,15H2,1H3,(H,28,30). The average Bonchev–Trinajstić information content (AvgIpc) is 2.72. The van der Waals surface area contributed by atoms with E-state index in [1.54, 1.807) is 23.1 Å². The third kappa shape index (κ3) is 5.63. The van der Waals surface area contributed by atoms with E-state index in [2.05, 4.69) is 21.2 Å². The topological polar surface area (TPSA) is 32.3 Å². The SMILES string of the molecule is CC(c1ccccc1)N(Cc1ccc(C(F)(F)F)cc1)C(=O)Nc1cccc(Br)c1. The number of benzene rings is 3. The Morgan fingerprint density at radius 1 is 1.00 bits per heavy atom. The summed E-state index contributed by atoms with van der Waals surface area (Å²) in [6.45, 7) is 2.05. The zero-order chi connectivity index (χ0) is 21.7. The molecule has 0 aliphatic carbocycles. The summed E-state index contributed by atoms with van der Waals surface area (Å²) in [5, 5.41) is 2.87. The van der Waals surface area contributed by atoms with Crippen molar-refractivity contribution in [1.82, 2.24) is 4.90 Å². The molecule has 0 fully saturated rings. The Labute approximate surface area is 181 Å². The van der Waals surface area contributed by atoms with Crippen LogP contribution in [0.25, 0.3) is 0 Å². The van der Waals surface area contributed by atoms with Crippen LogP contribution in [0.4, 0.5) is 23.7 Å². The smallest absolute Gasteiger partial charge is 0.313 e. The molecule has 3 aromatic carbocycles. The molecule has 3 aromatic rings. The van der Waals surface area contributed by atoms with Gasteiger partial charge in [-0.15, -0.1) is 0 Å². The van der Waals surface area contributed by atoms with Crippen LogP contribution in [0, 0.1) is 0 Å². The minimum absolute atomic E-state index is 0.161. The molecule has 1 N–H and O–H groups in total. The molecule has 0 radical (unpaired) electrons. The van der Waals surface area contributed by atoms with Crippen molar-refractivity contribution < 1.29 is 18.0 Å². The molecule has 0 saturated carbocycles. The lowest BCUT2D eigenvalue weighted by molar-refractivity contribution is -0.137. The minimum Gasteiger partial charge on any atom is -0.313 e. The molecule has 0 saturated heterocycles. The Balaban J connectivity index is 1.86. The molecule has 0 spiro atoms. The second-order valence-corrected chi connectivity index (χ2v) is 7.77. The Bertz CT molecular complexity index is 991. The number of carbonyl (C=O) groups excluding carboxylic acids is 1. The highest BCUT2D eigenvalue weighted by molar-refractivity contribution is 9.10. The van der Waals surface area contributed by atoms with Crippen molar-refractivity contribution in [2.75, 3.05) is 5.32 Å². The van der Waals surface area contributed by atoms with Gasteiger partial charge in [0.05, 0.1) is 11.6 Å². The average molecular weight is 477 g/mol. The number of nitrogens with one attached hydrogen (secondary N) is 1. The van der Waals surface area contributed by atoms with Gasteiger partial charge >= 0.3 is 12.2 Å². The molecule has 1 atom stereocenters. The van der Waals surface area contributed by atoms with Crippen molar-refractivity contribution in [2.45, 2.75) is 25.7 Å². The first-order valence-corrected chi connectivity index (χ1v) is 10.1. The van der Waals surface area contributed by atoms with Gasteiger partial charge in [0.25, 0.3) is 0 Å². The number of urea groups is 1. The lowest BCUT2D eigenvalue weighted by atomic mass is 10.1. The van der Waals surface area contributed by atoms with Gasteiger partial charge in [-0.05, 0) is 48.4 Å². The largest absolute Gasteiger partial charge is 0.416 e. The first kappa shape index (κ1) is 21.9. The van der Waals surface area contributed by atoms with Crippen molar-refractivity contribution in [3.63, 3.8) is 0 Å². The summed E-state index contributed by atoms with van der Waals surface area (Å²) in [5.74, 6) is 0. The van der Waals surface area contributed by atoms with E-state index in [1.165, 1.54) is 12.1 Å². The summed E-state index contributed by atoms with van der Waals surface area (Å²) in [5.41, 5.74) is 1.43. The first-order chi connectivity index (χ1) is 14.2. The molecule has 156 valence electrons. The predicted octanol–water partition coefficient (Wildman–Crippen LogP) is 7.26. The highest BCUT2D eigenvalue weighted by Gasteiger charge is 2.30. The normalized spacial score (nSPS) is 12.3. The lowest BCUT2D eigenvalue weighted by Crippen LogP contribution is -2.36. The maximum absolute atomic E-state index is 13.1. The van der Waals surface area contributed by atoms with Crippen molar-refractivity contribution in [1.29, 1.82) is 0 Å². The Kier molecular flexibility index (Phi) is 6.82. The molecule has 2 amide bonds. The fraction of sp³-hybridized carbons (Fsp3) is 0.174. The van der Waals surface area contributed by atoms with Gasteiger partial charge in [0.1, 0.15) is 0 Å². The van der Waals surface area contributed by atoms with E-state index in [4.69, 9.17) is 0 Å². The van der Waals surface area contributed by atoms with Crippen molar-refractivity contribution in [3.8, 4) is 0 Å². The number of halogens is 4. The Morgan fingerprint density at radius 3 is 2.27 bits per heavy atom. The second kappa shape index (κ2) is 9.34. The van der Waals surface area contributed by atoms with Crippen LogP contribution in [0.2, 0.25) is 0 Å². The number of hydrogen-bond acceptors (Lipinski definition) is 1. The van der Waals surface area contributed by atoms with Crippen molar-refractivity contribution in [2.24, 2.45) is 0 Å². The number of nitrogens with zero attached hydrogens (tertiary/aromatic N) is 1. The van der Waals surface area contributed by atoms with Gasteiger partial charge in [-0.25, -0.2) is 4.79 Å². The van der Waals surface area contributed by atoms with Gasteiger partial charge in [0.2, 0.25) is 0 Å². The Morgan fingerprint density at radius 2 is 1.67 bits per heavy atom. The van der Waals surface area contributed by atoms with Crippen LogP contribution < -0.4 is 5.32 Å². The van der Waals surface area contributed by atoms with Crippen LogP contribution in [0.3, 0.4) is 0 Å². The highest BCUT2D eigenvalue weighted by atomic mass is 79.9. The second-order valence-electron chi connectivity index (χ2n) is 6.85. The Hall–Kier alpha value is -2.80. The lowest BCUT2D eigenvalue weighted by Gasteiger charge is -2.30. The monoisotopic (exact) mass is 476 g/mol. The fourth-order valence-electron chi connectivity index (χ4n) is 3.05. The summed E-state index contributed by atoms with van der Waals surface area (Å²) in [4.78, 5) is 14.7. The zero-order valence-corrected chi connectivity index (χ0v) is 17.7. The quantitative estimate of drug-likeness (QED) is 0.412. The van der Waals surface area contributed by atoms with Crippen LogP contribution >= 0.6 is 15.9 Å². The molecule has 3 nitrogen and oxygen atoms in total. The molecule has 0 aliphatic rings. The van der Waals surface area contributed by atoms with Gasteiger partial charge in [-0.3, -0.25) is 0 Å². The number of hydrogen-bond donors (Lipinski definition) is 1. The van der Waals surface area contributed by atoms with Crippen LogP contribution in [0.15, 0.2) is 83.3 Å². The van der Waals surface area contributed by atoms with Crippen LogP contribution in [0.5, 0.6) is 0 Å². The number of rotatable bonds is 5. The molecule has 0 bridgehead atoms. The van der Waals surface area contributed by atoms with Gasteiger partial charge in [-0.2, -0.15) is 13.2 Å². The molecule has 3 rings (SSSR count). The summed E-state index contributed by atoms with van der Waals surface area (Å²) >= 11 is 3.37. The van der Waals surface area contributed by atoms with Crippen molar-refractivity contribution in [3.05, 3.63) is 100 Å². The summed E-state index contributed by atoms with van der Waals surface area (Å²) < 4.78 is 39.4. The van der Waals surface area contributed by atoms with Crippen LogP contribution in [-0.4, -0.2) is 10.9 Å². The molecule has 0 aliphatic heterocycles. The molecule has 30 heavy (non-hydrogen) atoms. The van der Waals surface area contributed by atoms with Gasteiger partial charge in [-0.1, -0.05) is 64.5 Å². The van der Waals surface area contributed by atoms with E-state index < -0.39 is 11.7 Å². The van der Waals surface area contributed by atoms with E-state index >= 15 is 0 Å². The summed E-state index contributed by atoms with van der Waals surface area (Å²) in [6, 6.07) is 20.9. The summed E-state index contributed by atoms with van der Waals surface area (Å²) in [6.07, 6.45) is -4.40. The third-order valence-corrected chi connectivity index (χ3v) is 5.21. The molecular weight excluding hydrogens is 457 g/mol. The first-order valence-electron chi connectivity index (χ1n) is 9.28. The number of anilines is 1. The maximum atomic E-state index is 13.1. The van der Waals surface area contributed by atoms with E-state index in [-0.39, 0.29) is 18.6 Å². The van der Waals surface area contributed by atoms with Gasteiger partial charge < -0.3 is 10.2 Å². The van der Waals surface area contributed by atoms with Gasteiger partial charge in [0.15, 0.2) is 0 Å². The molecule has 7 heteroatoms. The fourth-order valence-corrected chi connectivity index (χ4v) is 3.45. The van der Waals surface area contributed by atoms with Gasteiger partial charge in [0, 0.05) is 16.7 Å². The van der Waals surface area contributed by atoms with Crippen LogP contribution in [-0.2, 0) is 12.7 Å². The number of alkyl halides is 3. The zero-order valence-electron chi connectivity index (χ0n) is 16.2. The third-order valence-electron chi connectivity index (χ3n) is 4.72. The van der Waals surface area contributed by atoms with E-state index in [9.17, 15) is 18.0 Å². The molecule has 0 heterocycles. The molecule has 1 unspecified atom stereocenters. The minimum atomic E-state index is -4.40. The summed E-state index contributed by atoms with van der Waals surface area (Å²) in [7, 11) is 0. The van der Waals surface area contributed by atoms with E-state index in [1.807, 2.05) is 43.3 Å². The van der Waals surface area contributed by atoms with Crippen LogP contribution in [0.1, 0.15) is 29.7 Å². The predicted molar refractivity (Wildman–Crippen MR) is 115 cm³/mol. The van der Waals surface area contributed by atoms with Crippen molar-refractivity contribution >= 4 is 27.6 Å². The van der Waals surface area contributed by atoms with E-state index in [0.29, 0.717) is 11.3 Å².